The van der Waals surface area contributed by atoms with E-state index in [1.54, 1.807) is 0 Å². The first kappa shape index (κ1) is 13.2. The van der Waals surface area contributed by atoms with Crippen molar-refractivity contribution in [2.75, 3.05) is 12.4 Å². The van der Waals surface area contributed by atoms with Gasteiger partial charge in [0, 0.05) is 5.75 Å². The molecule has 0 aromatic rings. The number of hydrogen-bond donors (Lipinski definition) is 2. The van der Waals surface area contributed by atoms with Crippen LogP contribution in [0.15, 0.2) is 0 Å². The molecule has 0 aromatic heterocycles. The fraction of sp³-hybridized carbons (Fsp3) is 0.750. The molecule has 0 saturated heterocycles. The second kappa shape index (κ2) is 7.64. The highest BCUT2D eigenvalue weighted by atomic mass is 32.1. The summed E-state index contributed by atoms with van der Waals surface area (Å²) in [4.78, 5) is 21.7. The van der Waals surface area contributed by atoms with Crippen LogP contribution in [0, 0.1) is 0 Å². The summed E-state index contributed by atoms with van der Waals surface area (Å²) >= 11 is 3.78. The molecule has 0 rings (SSSR count). The average Bonchev–Trinajstić information content (AvgIpc) is 2.16. The summed E-state index contributed by atoms with van der Waals surface area (Å²) in [7, 11) is 0. The van der Waals surface area contributed by atoms with Gasteiger partial charge in [0.2, 0.25) is 0 Å². The van der Waals surface area contributed by atoms with Gasteiger partial charge in [-0.05, 0) is 6.42 Å². The van der Waals surface area contributed by atoms with Crippen molar-refractivity contribution in [3.63, 3.8) is 0 Å². The molecular weight excluding hydrogens is 206 g/mol. The molecule has 0 spiro atoms. The van der Waals surface area contributed by atoms with E-state index in [-0.39, 0.29) is 12.4 Å². The van der Waals surface area contributed by atoms with Gasteiger partial charge >= 0.3 is 12.1 Å². The van der Waals surface area contributed by atoms with Crippen LogP contribution in [0.2, 0.25) is 0 Å². The van der Waals surface area contributed by atoms with E-state index in [4.69, 9.17) is 5.73 Å². The van der Waals surface area contributed by atoms with Gasteiger partial charge in [-0.2, -0.15) is 12.6 Å². The van der Waals surface area contributed by atoms with Crippen molar-refractivity contribution in [1.29, 1.82) is 0 Å². The van der Waals surface area contributed by atoms with Crippen molar-refractivity contribution < 1.29 is 19.1 Å². The Labute approximate surface area is 88.3 Å². The van der Waals surface area contributed by atoms with Crippen LogP contribution in [0.4, 0.5) is 4.79 Å². The number of carbonyl (C=O) groups is 2. The lowest BCUT2D eigenvalue weighted by atomic mass is 10.4. The Hall–Kier alpha value is -0.750. The van der Waals surface area contributed by atoms with E-state index in [0.717, 1.165) is 12.8 Å². The predicted octanol–water partition coefficient (Wildman–Crippen LogP) is 0.723. The molecule has 1 atom stereocenters. The fourth-order valence-electron chi connectivity index (χ4n) is 0.562. The van der Waals surface area contributed by atoms with Gasteiger partial charge in [0.25, 0.3) is 0 Å². The third-order valence-corrected chi connectivity index (χ3v) is 1.79. The van der Waals surface area contributed by atoms with Crippen molar-refractivity contribution in [2.45, 2.75) is 25.8 Å². The lowest BCUT2D eigenvalue weighted by Crippen LogP contribution is -2.35. The molecule has 0 radical (unpaired) electrons. The van der Waals surface area contributed by atoms with E-state index in [1.807, 2.05) is 6.92 Å². The Morgan fingerprint density at radius 3 is 2.64 bits per heavy atom. The molecule has 0 bridgehead atoms. The molecule has 0 aliphatic rings. The molecule has 2 N–H and O–H groups in total. The van der Waals surface area contributed by atoms with E-state index < -0.39 is 18.2 Å². The second-order valence-corrected chi connectivity index (χ2v) is 3.03. The number of unbranched alkanes of at least 4 members (excludes halogenated alkanes) is 1. The van der Waals surface area contributed by atoms with Gasteiger partial charge in [-0.3, -0.25) is 0 Å². The van der Waals surface area contributed by atoms with E-state index >= 15 is 0 Å². The minimum absolute atomic E-state index is 0.126. The fourth-order valence-corrected chi connectivity index (χ4v) is 0.711. The molecule has 0 saturated carbocycles. The van der Waals surface area contributed by atoms with Crippen molar-refractivity contribution in [3.8, 4) is 0 Å². The predicted molar refractivity (Wildman–Crippen MR) is 54.2 cm³/mol. The quantitative estimate of drug-likeness (QED) is 0.309. The lowest BCUT2D eigenvalue weighted by molar-refractivity contribution is -0.140. The zero-order valence-corrected chi connectivity index (χ0v) is 8.96. The van der Waals surface area contributed by atoms with Gasteiger partial charge in [0.15, 0.2) is 0 Å². The molecule has 5 nitrogen and oxygen atoms in total. The minimum atomic E-state index is -0.999. The lowest BCUT2D eigenvalue weighted by Gasteiger charge is -2.07. The summed E-state index contributed by atoms with van der Waals surface area (Å²) in [6, 6.07) is -0.892. The summed E-state index contributed by atoms with van der Waals surface area (Å²) in [5.41, 5.74) is 5.26. The number of hydrogen-bond acceptors (Lipinski definition) is 6. The monoisotopic (exact) mass is 221 g/mol. The Morgan fingerprint density at radius 1 is 1.50 bits per heavy atom. The highest BCUT2D eigenvalue weighted by molar-refractivity contribution is 7.80. The van der Waals surface area contributed by atoms with Crippen LogP contribution in [0.1, 0.15) is 19.8 Å². The van der Waals surface area contributed by atoms with E-state index in [1.165, 1.54) is 0 Å². The van der Waals surface area contributed by atoms with Gasteiger partial charge < -0.3 is 15.2 Å². The maximum atomic E-state index is 10.9. The van der Waals surface area contributed by atoms with Crippen LogP contribution < -0.4 is 5.73 Å². The maximum absolute atomic E-state index is 10.9. The van der Waals surface area contributed by atoms with Gasteiger partial charge in [0.05, 0.1) is 6.61 Å². The van der Waals surface area contributed by atoms with Gasteiger partial charge in [0.1, 0.15) is 6.04 Å². The number of thiol groups is 1. The molecule has 6 heteroatoms. The van der Waals surface area contributed by atoms with E-state index in [2.05, 4.69) is 22.1 Å². The molecule has 0 heterocycles. The SMILES string of the molecule is CCCCOC(=O)OC(=O)[C@@H](N)CS. The van der Waals surface area contributed by atoms with Crippen LogP contribution in [0.3, 0.4) is 0 Å². The highest BCUT2D eigenvalue weighted by Crippen LogP contribution is 1.94. The third-order valence-electron chi connectivity index (χ3n) is 1.40. The number of nitrogens with two attached hydrogens (primary N) is 1. The normalized spacial score (nSPS) is 11.9. The summed E-state index contributed by atoms with van der Waals surface area (Å²) in [6.45, 7) is 2.20. The second-order valence-electron chi connectivity index (χ2n) is 2.66. The van der Waals surface area contributed by atoms with Crippen molar-refractivity contribution in [2.24, 2.45) is 5.73 Å². The maximum Gasteiger partial charge on any atom is 0.516 e. The first-order valence-corrected chi connectivity index (χ1v) is 5.00. The molecule has 82 valence electrons. The summed E-state index contributed by atoms with van der Waals surface area (Å²) in [5.74, 6) is -0.692. The molecule has 0 aromatic carbocycles. The van der Waals surface area contributed by atoms with Crippen LogP contribution in [0.25, 0.3) is 0 Å². The summed E-state index contributed by atoms with van der Waals surface area (Å²) in [6.07, 6.45) is 0.639. The molecule has 0 fully saturated rings. The largest absolute Gasteiger partial charge is 0.516 e. The highest BCUT2D eigenvalue weighted by Gasteiger charge is 2.17. The van der Waals surface area contributed by atoms with Crippen LogP contribution in [-0.2, 0) is 14.3 Å². The Balaban J connectivity index is 3.66. The van der Waals surface area contributed by atoms with Crippen molar-refractivity contribution in [1.82, 2.24) is 0 Å². The van der Waals surface area contributed by atoms with Crippen LogP contribution in [0.5, 0.6) is 0 Å². The van der Waals surface area contributed by atoms with Gasteiger partial charge in [-0.25, -0.2) is 9.59 Å². The number of esters is 1. The van der Waals surface area contributed by atoms with Gasteiger partial charge in [-0.1, -0.05) is 13.3 Å². The Bertz CT molecular complexity index is 198. The standard InChI is InChI=1S/C8H15NO4S/c1-2-3-4-12-8(11)13-7(10)6(9)5-14/h6,14H,2-5,9H2,1H3/t6-/m0/s1. The molecule has 0 aliphatic heterocycles. The Kier molecular flexibility index (Phi) is 7.23. The zero-order valence-electron chi connectivity index (χ0n) is 8.06. The first-order chi connectivity index (χ1) is 6.61. The number of carbonyl (C=O) groups excluding carboxylic acids is 2. The molecular formula is C8H15NO4S. The number of rotatable bonds is 5. The number of ether oxygens (including phenoxy) is 2. The zero-order chi connectivity index (χ0) is 11.0. The summed E-state index contributed by atoms with van der Waals surface area (Å²) in [5, 5.41) is 0. The van der Waals surface area contributed by atoms with E-state index in [0.29, 0.717) is 0 Å². The van der Waals surface area contributed by atoms with Crippen LogP contribution >= 0.6 is 12.6 Å². The van der Waals surface area contributed by atoms with Crippen molar-refractivity contribution >= 4 is 24.8 Å². The summed E-state index contributed by atoms with van der Waals surface area (Å²) < 4.78 is 8.86. The van der Waals surface area contributed by atoms with Crippen molar-refractivity contribution in [3.05, 3.63) is 0 Å². The van der Waals surface area contributed by atoms with E-state index in [9.17, 15) is 9.59 Å². The molecule has 14 heavy (non-hydrogen) atoms. The third kappa shape index (κ3) is 5.82. The minimum Gasteiger partial charge on any atom is -0.434 e. The average molecular weight is 221 g/mol. The first-order valence-electron chi connectivity index (χ1n) is 4.36. The smallest absolute Gasteiger partial charge is 0.434 e. The Morgan fingerprint density at radius 2 is 2.14 bits per heavy atom. The van der Waals surface area contributed by atoms with Gasteiger partial charge in [-0.15, -0.1) is 0 Å². The van der Waals surface area contributed by atoms with Crippen LogP contribution in [-0.4, -0.2) is 30.5 Å². The molecule has 0 aliphatic carbocycles. The molecule has 0 amide bonds. The molecule has 0 unspecified atom stereocenters. The topological polar surface area (TPSA) is 78.6 Å².